The summed E-state index contributed by atoms with van der Waals surface area (Å²) in [5.41, 5.74) is 7.87. The van der Waals surface area contributed by atoms with Crippen LogP contribution in [0.5, 0.6) is 0 Å². The Bertz CT molecular complexity index is 563. The van der Waals surface area contributed by atoms with E-state index in [4.69, 9.17) is 17.3 Å². The predicted molar refractivity (Wildman–Crippen MR) is 70.3 cm³/mol. The molecule has 3 rings (SSSR count). The lowest BCUT2D eigenvalue weighted by molar-refractivity contribution is 0.396. The van der Waals surface area contributed by atoms with E-state index in [1.807, 2.05) is 18.2 Å². The number of hydrogen-bond acceptors (Lipinski definition) is 3. The summed E-state index contributed by atoms with van der Waals surface area (Å²) in [4.78, 5) is 6.68. The standard InChI is InChI=1S/C12H15ClN4/c1-16-6-5-8(7-16)17-10-4-2-3-9(13)11(10)15-12(17)14/h2-4,8H,5-7H2,1H3,(H2,14,15). The van der Waals surface area contributed by atoms with Gasteiger partial charge in [0.15, 0.2) is 0 Å². The molecule has 0 saturated carbocycles. The first-order valence-corrected chi connectivity index (χ1v) is 6.15. The fraction of sp³-hybridized carbons (Fsp3) is 0.417. The fourth-order valence-electron chi connectivity index (χ4n) is 2.61. The number of likely N-dealkylation sites (N-methyl/N-ethyl adjacent to an activating group) is 1. The van der Waals surface area contributed by atoms with Crippen LogP contribution in [0.1, 0.15) is 12.5 Å². The van der Waals surface area contributed by atoms with Gasteiger partial charge in [0.1, 0.15) is 5.52 Å². The molecule has 1 aliphatic heterocycles. The molecule has 1 fully saturated rings. The first kappa shape index (κ1) is 10.9. The van der Waals surface area contributed by atoms with Gasteiger partial charge in [-0.05, 0) is 32.1 Å². The quantitative estimate of drug-likeness (QED) is 0.844. The number of nitrogens with zero attached hydrogens (tertiary/aromatic N) is 3. The number of nitrogen functional groups attached to an aromatic ring is 1. The van der Waals surface area contributed by atoms with E-state index in [0.29, 0.717) is 17.0 Å². The van der Waals surface area contributed by atoms with Crippen molar-refractivity contribution in [3.63, 3.8) is 0 Å². The summed E-state index contributed by atoms with van der Waals surface area (Å²) < 4.78 is 2.12. The van der Waals surface area contributed by atoms with E-state index < -0.39 is 0 Å². The van der Waals surface area contributed by atoms with Gasteiger partial charge in [-0.2, -0.15) is 0 Å². The maximum atomic E-state index is 6.14. The lowest BCUT2D eigenvalue weighted by Crippen LogP contribution is -2.17. The molecule has 1 aliphatic rings. The van der Waals surface area contributed by atoms with Gasteiger partial charge >= 0.3 is 0 Å². The van der Waals surface area contributed by atoms with Crippen LogP contribution in [0.4, 0.5) is 5.95 Å². The van der Waals surface area contributed by atoms with Crippen LogP contribution >= 0.6 is 11.6 Å². The molecule has 0 aliphatic carbocycles. The first-order chi connectivity index (χ1) is 8.16. The van der Waals surface area contributed by atoms with E-state index in [1.54, 1.807) is 0 Å². The SMILES string of the molecule is CN1CCC(n2c(N)nc3c(Cl)cccc32)C1. The molecule has 2 N–H and O–H groups in total. The third-order valence-electron chi connectivity index (χ3n) is 3.43. The van der Waals surface area contributed by atoms with Crippen LogP contribution in [0.25, 0.3) is 11.0 Å². The van der Waals surface area contributed by atoms with Crippen LogP contribution in [0.15, 0.2) is 18.2 Å². The molecule has 1 aromatic carbocycles. The molecule has 2 aromatic rings. The Labute approximate surface area is 105 Å². The molecule has 5 heteroatoms. The number of aromatic nitrogens is 2. The maximum Gasteiger partial charge on any atom is 0.201 e. The summed E-state index contributed by atoms with van der Waals surface area (Å²) in [6.07, 6.45) is 1.11. The Kier molecular flexibility index (Phi) is 2.49. The van der Waals surface area contributed by atoms with Crippen LogP contribution in [0.3, 0.4) is 0 Å². The van der Waals surface area contributed by atoms with Gasteiger partial charge in [0.25, 0.3) is 0 Å². The highest BCUT2D eigenvalue weighted by Gasteiger charge is 2.24. The van der Waals surface area contributed by atoms with Gasteiger partial charge in [-0.25, -0.2) is 4.98 Å². The Balaban J connectivity index is 2.16. The number of anilines is 1. The van der Waals surface area contributed by atoms with E-state index in [9.17, 15) is 0 Å². The number of benzene rings is 1. The van der Waals surface area contributed by atoms with Crippen LogP contribution in [-0.4, -0.2) is 34.6 Å². The third-order valence-corrected chi connectivity index (χ3v) is 3.73. The lowest BCUT2D eigenvalue weighted by atomic mass is 10.2. The molecule has 4 nitrogen and oxygen atoms in total. The summed E-state index contributed by atoms with van der Waals surface area (Å²) in [5, 5.41) is 0.666. The fourth-order valence-corrected chi connectivity index (χ4v) is 2.82. The minimum absolute atomic E-state index is 0.406. The van der Waals surface area contributed by atoms with Crippen molar-refractivity contribution in [2.24, 2.45) is 0 Å². The second-order valence-electron chi connectivity index (χ2n) is 4.65. The van der Waals surface area contributed by atoms with Gasteiger partial charge in [-0.15, -0.1) is 0 Å². The predicted octanol–water partition coefficient (Wildman–Crippen LogP) is 2.15. The highest BCUT2D eigenvalue weighted by atomic mass is 35.5. The van der Waals surface area contributed by atoms with E-state index in [1.165, 1.54) is 0 Å². The number of nitrogens with two attached hydrogens (primary N) is 1. The van der Waals surface area contributed by atoms with E-state index in [-0.39, 0.29) is 0 Å². The second-order valence-corrected chi connectivity index (χ2v) is 5.06. The number of likely N-dealkylation sites (tertiary alicyclic amines) is 1. The van der Waals surface area contributed by atoms with Crippen molar-refractivity contribution in [3.8, 4) is 0 Å². The summed E-state index contributed by atoms with van der Waals surface area (Å²) in [5.74, 6) is 0.563. The highest BCUT2D eigenvalue weighted by molar-refractivity contribution is 6.35. The Hall–Kier alpha value is -1.26. The minimum atomic E-state index is 0.406. The van der Waals surface area contributed by atoms with Crippen molar-refractivity contribution in [2.45, 2.75) is 12.5 Å². The summed E-state index contributed by atoms with van der Waals surface area (Å²) in [6.45, 7) is 2.12. The number of halogens is 1. The molecule has 1 unspecified atom stereocenters. The van der Waals surface area contributed by atoms with Gasteiger partial charge in [0.05, 0.1) is 16.6 Å². The number of rotatable bonds is 1. The van der Waals surface area contributed by atoms with E-state index in [0.717, 1.165) is 30.5 Å². The molecule has 90 valence electrons. The van der Waals surface area contributed by atoms with Gasteiger partial charge in [0, 0.05) is 6.54 Å². The van der Waals surface area contributed by atoms with Gasteiger partial charge in [0.2, 0.25) is 5.95 Å². The molecule has 1 atom stereocenters. The summed E-state index contributed by atoms with van der Waals surface area (Å²) >= 11 is 6.14. The van der Waals surface area contributed by atoms with Crippen molar-refractivity contribution in [3.05, 3.63) is 23.2 Å². The van der Waals surface area contributed by atoms with Crippen LogP contribution in [0.2, 0.25) is 5.02 Å². The molecule has 1 saturated heterocycles. The molecular formula is C12H15ClN4. The molecule has 0 amide bonds. The maximum absolute atomic E-state index is 6.14. The largest absolute Gasteiger partial charge is 0.369 e. The molecule has 0 spiro atoms. The van der Waals surface area contributed by atoms with Crippen molar-refractivity contribution in [1.29, 1.82) is 0 Å². The summed E-state index contributed by atoms with van der Waals surface area (Å²) in [6, 6.07) is 6.23. The minimum Gasteiger partial charge on any atom is -0.369 e. The Morgan fingerprint density at radius 3 is 3.00 bits per heavy atom. The van der Waals surface area contributed by atoms with Crippen molar-refractivity contribution < 1.29 is 0 Å². The lowest BCUT2D eigenvalue weighted by Gasteiger charge is -2.14. The average Bonchev–Trinajstić information content (AvgIpc) is 2.82. The van der Waals surface area contributed by atoms with Crippen LogP contribution < -0.4 is 5.73 Å². The third kappa shape index (κ3) is 1.68. The summed E-state index contributed by atoms with van der Waals surface area (Å²) in [7, 11) is 2.13. The Morgan fingerprint density at radius 2 is 2.29 bits per heavy atom. The zero-order chi connectivity index (χ0) is 12.0. The number of imidazole rings is 1. The number of fused-ring (bicyclic) bond motifs is 1. The van der Waals surface area contributed by atoms with E-state index >= 15 is 0 Å². The molecule has 1 aromatic heterocycles. The average molecular weight is 251 g/mol. The topological polar surface area (TPSA) is 47.1 Å². The highest BCUT2D eigenvalue weighted by Crippen LogP contribution is 2.31. The molecular weight excluding hydrogens is 236 g/mol. The Morgan fingerprint density at radius 1 is 1.47 bits per heavy atom. The van der Waals surface area contributed by atoms with Crippen LogP contribution in [-0.2, 0) is 0 Å². The molecule has 17 heavy (non-hydrogen) atoms. The molecule has 2 heterocycles. The van der Waals surface area contributed by atoms with Gasteiger partial charge < -0.3 is 15.2 Å². The van der Waals surface area contributed by atoms with Gasteiger partial charge in [-0.3, -0.25) is 0 Å². The zero-order valence-electron chi connectivity index (χ0n) is 9.73. The smallest absolute Gasteiger partial charge is 0.201 e. The van der Waals surface area contributed by atoms with Crippen molar-refractivity contribution in [1.82, 2.24) is 14.5 Å². The van der Waals surface area contributed by atoms with Crippen molar-refractivity contribution in [2.75, 3.05) is 25.9 Å². The van der Waals surface area contributed by atoms with E-state index in [2.05, 4.69) is 21.5 Å². The first-order valence-electron chi connectivity index (χ1n) is 5.77. The van der Waals surface area contributed by atoms with Gasteiger partial charge in [-0.1, -0.05) is 17.7 Å². The molecule has 0 bridgehead atoms. The second kappa shape index (κ2) is 3.89. The van der Waals surface area contributed by atoms with Crippen LogP contribution in [0, 0.1) is 0 Å². The number of hydrogen-bond donors (Lipinski definition) is 1. The monoisotopic (exact) mass is 250 g/mol. The zero-order valence-corrected chi connectivity index (χ0v) is 10.5. The molecule has 0 radical (unpaired) electrons. The van der Waals surface area contributed by atoms with Crippen molar-refractivity contribution >= 4 is 28.6 Å². The normalized spacial score (nSPS) is 21.4. The number of para-hydroxylation sites is 1.